The van der Waals surface area contributed by atoms with Gasteiger partial charge in [0.1, 0.15) is 17.1 Å². The van der Waals surface area contributed by atoms with Crippen LogP contribution in [0.5, 0.6) is 11.5 Å². The van der Waals surface area contributed by atoms with Crippen molar-refractivity contribution in [1.82, 2.24) is 14.3 Å². The summed E-state index contributed by atoms with van der Waals surface area (Å²) >= 11 is 0. The molecule has 35 heavy (non-hydrogen) atoms. The van der Waals surface area contributed by atoms with Gasteiger partial charge in [0, 0.05) is 24.3 Å². The van der Waals surface area contributed by atoms with E-state index in [1.807, 2.05) is 75.4 Å². The Hall–Kier alpha value is -4.39. The van der Waals surface area contributed by atoms with Gasteiger partial charge in [-0.05, 0) is 75.7 Å². The van der Waals surface area contributed by atoms with Crippen LogP contribution >= 0.6 is 0 Å². The number of allylic oxidation sites excluding steroid dienone is 4. The number of ether oxygens (including phenoxy) is 1. The average Bonchev–Trinajstić information content (AvgIpc) is 3.07. The van der Waals surface area contributed by atoms with Crippen LogP contribution in [-0.4, -0.2) is 20.3 Å². The van der Waals surface area contributed by atoms with Gasteiger partial charge in [-0.25, -0.2) is 4.68 Å². The molecule has 0 spiro atoms. The van der Waals surface area contributed by atoms with Crippen molar-refractivity contribution in [2.24, 2.45) is 7.05 Å². The molecule has 7 nitrogen and oxygen atoms in total. The highest BCUT2D eigenvalue weighted by molar-refractivity contribution is 6.05. The van der Waals surface area contributed by atoms with E-state index >= 15 is 0 Å². The summed E-state index contributed by atoms with van der Waals surface area (Å²) < 4.78 is 9.34. The number of amides is 1. The second-order valence-electron chi connectivity index (χ2n) is 8.18. The predicted molar refractivity (Wildman–Crippen MR) is 140 cm³/mol. The molecule has 0 aliphatic rings. The maximum atomic E-state index is 13.1. The third kappa shape index (κ3) is 4.53. The standard InChI is InChI=1S/C28H28N4O3/c1-6-10-21(7-2)32-28(34)26(19(4)31(32)5)27(33)30-20-13-14-24(18(3)17-20)35-25-15-16-29-23-12-9-8-11-22(23)25/h6-17H,1-5H3,(H,30,33)/b10-6-,21-7+. The lowest BCUT2D eigenvalue weighted by atomic mass is 10.1. The number of hydrogen-bond acceptors (Lipinski definition) is 4. The van der Waals surface area contributed by atoms with E-state index in [9.17, 15) is 9.59 Å². The van der Waals surface area contributed by atoms with Crippen LogP contribution < -0.4 is 15.6 Å². The number of carbonyl (C=O) groups excluding carboxylic acids is 1. The molecule has 2 aromatic carbocycles. The monoisotopic (exact) mass is 468 g/mol. The lowest BCUT2D eigenvalue weighted by molar-refractivity contribution is 0.102. The van der Waals surface area contributed by atoms with E-state index in [1.54, 1.807) is 37.0 Å². The van der Waals surface area contributed by atoms with Crippen molar-refractivity contribution >= 4 is 28.2 Å². The van der Waals surface area contributed by atoms with Crippen LogP contribution in [0.2, 0.25) is 0 Å². The smallest absolute Gasteiger partial charge is 0.284 e. The van der Waals surface area contributed by atoms with Crippen molar-refractivity contribution in [3.05, 3.63) is 100 Å². The van der Waals surface area contributed by atoms with E-state index in [0.717, 1.165) is 16.5 Å². The molecule has 0 aliphatic heterocycles. The van der Waals surface area contributed by atoms with Gasteiger partial charge in [-0.3, -0.25) is 19.3 Å². The number of aromatic nitrogens is 3. The Morgan fingerprint density at radius 1 is 1.06 bits per heavy atom. The maximum Gasteiger partial charge on any atom is 0.284 e. The van der Waals surface area contributed by atoms with Crippen molar-refractivity contribution < 1.29 is 9.53 Å². The molecule has 0 unspecified atom stereocenters. The molecule has 0 bridgehead atoms. The zero-order valence-electron chi connectivity index (χ0n) is 20.5. The molecule has 178 valence electrons. The zero-order chi connectivity index (χ0) is 25.1. The molecule has 0 atom stereocenters. The molecule has 4 rings (SSSR count). The fourth-order valence-corrected chi connectivity index (χ4v) is 4.03. The summed E-state index contributed by atoms with van der Waals surface area (Å²) in [7, 11) is 1.76. The van der Waals surface area contributed by atoms with Crippen molar-refractivity contribution in [2.45, 2.75) is 27.7 Å². The number of fused-ring (bicyclic) bond motifs is 1. The molecule has 0 saturated carbocycles. The van der Waals surface area contributed by atoms with Crippen LogP contribution in [0, 0.1) is 13.8 Å². The van der Waals surface area contributed by atoms with Gasteiger partial charge in [-0.1, -0.05) is 24.3 Å². The number of rotatable bonds is 6. The summed E-state index contributed by atoms with van der Waals surface area (Å²) in [6.45, 7) is 7.40. The van der Waals surface area contributed by atoms with Crippen molar-refractivity contribution in [3.63, 3.8) is 0 Å². The third-order valence-electron chi connectivity index (χ3n) is 5.92. The third-order valence-corrected chi connectivity index (χ3v) is 5.92. The van der Waals surface area contributed by atoms with Gasteiger partial charge < -0.3 is 10.1 Å². The Kier molecular flexibility index (Phi) is 6.68. The first-order valence-electron chi connectivity index (χ1n) is 11.4. The van der Waals surface area contributed by atoms with Gasteiger partial charge in [-0.2, -0.15) is 0 Å². The molecule has 7 heteroatoms. The molecule has 1 N–H and O–H groups in total. The largest absolute Gasteiger partial charge is 0.456 e. The lowest BCUT2D eigenvalue weighted by Crippen LogP contribution is -2.25. The van der Waals surface area contributed by atoms with Crippen molar-refractivity contribution in [3.8, 4) is 11.5 Å². The normalized spacial score (nSPS) is 11.9. The number of para-hydroxylation sites is 1. The van der Waals surface area contributed by atoms with Gasteiger partial charge in [0.15, 0.2) is 0 Å². The molecule has 0 aliphatic carbocycles. The van der Waals surface area contributed by atoms with E-state index < -0.39 is 5.91 Å². The van der Waals surface area contributed by atoms with E-state index in [-0.39, 0.29) is 11.1 Å². The zero-order valence-corrected chi connectivity index (χ0v) is 20.5. The molecule has 0 radical (unpaired) electrons. The Morgan fingerprint density at radius 3 is 2.54 bits per heavy atom. The van der Waals surface area contributed by atoms with Crippen LogP contribution in [0.1, 0.15) is 35.5 Å². The van der Waals surface area contributed by atoms with Crippen LogP contribution in [0.15, 0.2) is 77.8 Å². The number of aryl methyl sites for hydroxylation is 1. The van der Waals surface area contributed by atoms with Crippen molar-refractivity contribution in [1.29, 1.82) is 0 Å². The van der Waals surface area contributed by atoms with E-state index in [4.69, 9.17) is 4.74 Å². The molecule has 4 aromatic rings. The molecule has 0 saturated heterocycles. The van der Waals surface area contributed by atoms with Crippen LogP contribution in [-0.2, 0) is 7.05 Å². The molecule has 2 aromatic heterocycles. The van der Waals surface area contributed by atoms with Crippen molar-refractivity contribution in [2.75, 3.05) is 5.32 Å². The van der Waals surface area contributed by atoms with E-state index in [1.165, 1.54) is 4.68 Å². The summed E-state index contributed by atoms with van der Waals surface area (Å²) in [6.07, 6.45) is 7.23. The Labute approximate surface area is 204 Å². The fraction of sp³-hybridized carbons (Fsp3) is 0.179. The first-order valence-corrected chi connectivity index (χ1v) is 11.4. The van der Waals surface area contributed by atoms with Crippen LogP contribution in [0.4, 0.5) is 5.69 Å². The lowest BCUT2D eigenvalue weighted by Gasteiger charge is -2.12. The van der Waals surface area contributed by atoms with Gasteiger partial charge in [0.05, 0.1) is 16.9 Å². The summed E-state index contributed by atoms with van der Waals surface area (Å²) in [5.41, 5.74) is 3.29. The minimum absolute atomic E-state index is 0.109. The Morgan fingerprint density at radius 2 is 1.83 bits per heavy atom. The average molecular weight is 469 g/mol. The van der Waals surface area contributed by atoms with Crippen LogP contribution in [0.3, 0.4) is 0 Å². The number of nitrogens with one attached hydrogen (secondary N) is 1. The van der Waals surface area contributed by atoms with E-state index in [2.05, 4.69) is 10.3 Å². The predicted octanol–water partition coefficient (Wildman–Crippen LogP) is 5.83. The van der Waals surface area contributed by atoms with Gasteiger partial charge in [-0.15, -0.1) is 0 Å². The first kappa shape index (κ1) is 23.8. The summed E-state index contributed by atoms with van der Waals surface area (Å²) in [4.78, 5) is 30.6. The Bertz CT molecular complexity index is 1530. The summed E-state index contributed by atoms with van der Waals surface area (Å²) in [5, 5.41) is 3.78. The van der Waals surface area contributed by atoms with E-state index in [0.29, 0.717) is 28.6 Å². The first-order chi connectivity index (χ1) is 16.8. The minimum atomic E-state index is -0.453. The highest BCUT2D eigenvalue weighted by Gasteiger charge is 2.22. The number of nitrogens with zero attached hydrogens (tertiary/aromatic N) is 3. The number of anilines is 1. The van der Waals surface area contributed by atoms with Crippen LogP contribution in [0.25, 0.3) is 16.6 Å². The SMILES string of the molecule is C/C=C\C(=C/C)n1c(=O)c(C(=O)Nc2ccc(Oc3ccnc4ccccc34)c(C)c2)c(C)n1C. The highest BCUT2D eigenvalue weighted by Crippen LogP contribution is 2.31. The summed E-state index contributed by atoms with van der Waals surface area (Å²) in [5.74, 6) is 0.921. The number of carbonyl (C=O) groups is 1. The number of pyridine rings is 1. The maximum absolute atomic E-state index is 13.1. The Balaban J connectivity index is 1.60. The fourth-order valence-electron chi connectivity index (χ4n) is 4.03. The van der Waals surface area contributed by atoms with Gasteiger partial charge in [0.25, 0.3) is 11.5 Å². The molecule has 0 fully saturated rings. The molecular weight excluding hydrogens is 440 g/mol. The molecule has 2 heterocycles. The second-order valence-corrected chi connectivity index (χ2v) is 8.18. The molecular formula is C28H28N4O3. The second kappa shape index (κ2) is 9.85. The topological polar surface area (TPSA) is 78.2 Å². The minimum Gasteiger partial charge on any atom is -0.456 e. The number of benzene rings is 2. The number of hydrogen-bond donors (Lipinski definition) is 1. The summed E-state index contributed by atoms with van der Waals surface area (Å²) in [6, 6.07) is 15.0. The van der Waals surface area contributed by atoms with Gasteiger partial charge in [0.2, 0.25) is 0 Å². The van der Waals surface area contributed by atoms with Gasteiger partial charge >= 0.3 is 0 Å². The quantitative estimate of drug-likeness (QED) is 0.361. The highest BCUT2D eigenvalue weighted by atomic mass is 16.5. The molecule has 1 amide bonds.